The summed E-state index contributed by atoms with van der Waals surface area (Å²) in [6.45, 7) is 1.35. The fraction of sp³-hybridized carbons (Fsp3) is 0.160. The van der Waals surface area contributed by atoms with Crippen molar-refractivity contribution in [2.45, 2.75) is 19.1 Å². The van der Waals surface area contributed by atoms with Gasteiger partial charge in [0.15, 0.2) is 0 Å². The molecule has 3 aromatic carbocycles. The number of rotatable bonds is 6. The highest BCUT2D eigenvalue weighted by molar-refractivity contribution is 5.94. The average Bonchev–Trinajstić information content (AvgIpc) is 3.13. The van der Waals surface area contributed by atoms with E-state index in [-0.39, 0.29) is 12.5 Å². The molecule has 4 aromatic rings. The third-order valence-electron chi connectivity index (χ3n) is 5.20. The number of amides is 1. The van der Waals surface area contributed by atoms with Crippen LogP contribution in [-0.2, 0) is 4.79 Å². The molecule has 0 saturated heterocycles. The molecule has 1 aromatic heterocycles. The van der Waals surface area contributed by atoms with Crippen molar-refractivity contribution in [1.29, 1.82) is 0 Å². The van der Waals surface area contributed by atoms with Crippen molar-refractivity contribution in [2.75, 3.05) is 6.54 Å². The summed E-state index contributed by atoms with van der Waals surface area (Å²) in [7, 11) is 0. The Morgan fingerprint density at radius 1 is 0.900 bits per heavy atom. The van der Waals surface area contributed by atoms with Crippen molar-refractivity contribution in [3.63, 3.8) is 0 Å². The Kier molecular flexibility index (Phi) is 5.65. The van der Waals surface area contributed by atoms with Gasteiger partial charge in [0.25, 0.3) is 0 Å². The molecule has 0 fully saturated rings. The first-order valence-electron chi connectivity index (χ1n) is 9.92. The van der Waals surface area contributed by atoms with Crippen LogP contribution < -0.4 is 5.32 Å². The maximum Gasteiger partial charge on any atom is 0.216 e. The van der Waals surface area contributed by atoms with Crippen LogP contribution in [0.15, 0.2) is 84.9 Å². The van der Waals surface area contributed by atoms with Crippen LogP contribution in [0.3, 0.4) is 0 Å². The zero-order chi connectivity index (χ0) is 21.1. The molecule has 3 N–H and O–H groups in total. The molecule has 152 valence electrons. The largest absolute Gasteiger partial charge is 0.388 e. The summed E-state index contributed by atoms with van der Waals surface area (Å²) in [6, 6.07) is 27.6. The van der Waals surface area contributed by atoms with Gasteiger partial charge in [-0.3, -0.25) is 4.79 Å². The van der Waals surface area contributed by atoms with Crippen molar-refractivity contribution < 1.29 is 15.0 Å². The molecule has 0 saturated carbocycles. The summed E-state index contributed by atoms with van der Waals surface area (Å²) in [5.41, 5.74) is 4.28. The minimum Gasteiger partial charge on any atom is -0.388 e. The maximum absolute atomic E-state index is 11.3. The molecule has 5 heteroatoms. The third kappa shape index (κ3) is 3.73. The van der Waals surface area contributed by atoms with E-state index in [1.165, 1.54) is 6.92 Å². The summed E-state index contributed by atoms with van der Waals surface area (Å²) in [5, 5.41) is 25.3. The predicted molar refractivity (Wildman–Crippen MR) is 118 cm³/mol. The van der Waals surface area contributed by atoms with E-state index in [1.54, 1.807) is 0 Å². The second-order valence-electron chi connectivity index (χ2n) is 7.27. The molecule has 30 heavy (non-hydrogen) atoms. The lowest BCUT2D eigenvalue weighted by Gasteiger charge is -2.20. The highest BCUT2D eigenvalue weighted by atomic mass is 16.3. The monoisotopic (exact) mass is 400 g/mol. The van der Waals surface area contributed by atoms with Gasteiger partial charge in [-0.2, -0.15) is 0 Å². The van der Waals surface area contributed by atoms with Crippen LogP contribution in [0.5, 0.6) is 0 Å². The van der Waals surface area contributed by atoms with Crippen LogP contribution in [-0.4, -0.2) is 33.3 Å². The number of carbonyl (C=O) groups excluding carboxylic acids is 1. The fourth-order valence-corrected chi connectivity index (χ4v) is 3.84. The Labute approximate surface area is 175 Å². The van der Waals surface area contributed by atoms with Gasteiger partial charge in [0.05, 0.1) is 11.2 Å². The summed E-state index contributed by atoms with van der Waals surface area (Å²) in [6.07, 6.45) is -2.33. The molecule has 4 rings (SSSR count). The molecular weight excluding hydrogens is 376 g/mol. The highest BCUT2D eigenvalue weighted by Gasteiger charge is 2.28. The minimum absolute atomic E-state index is 0.0322. The van der Waals surface area contributed by atoms with Crippen LogP contribution in [0.25, 0.3) is 27.8 Å². The second-order valence-corrected chi connectivity index (χ2v) is 7.27. The number of nitrogens with one attached hydrogen (secondary N) is 1. The molecule has 0 radical (unpaired) electrons. The summed E-state index contributed by atoms with van der Waals surface area (Å²) in [4.78, 5) is 11.3. The predicted octanol–water partition coefficient (Wildman–Crippen LogP) is 3.83. The maximum atomic E-state index is 11.3. The van der Waals surface area contributed by atoms with Crippen molar-refractivity contribution in [3.05, 3.63) is 90.5 Å². The first kappa shape index (κ1) is 19.9. The molecule has 0 spiro atoms. The SMILES string of the molecule is CC(=O)NCC(O)C(O)c1c(-c2ccccc2)n(-c2ccccc2)c2ccccc12. The average molecular weight is 400 g/mol. The van der Waals surface area contributed by atoms with Gasteiger partial charge < -0.3 is 20.1 Å². The Balaban J connectivity index is 1.99. The molecule has 2 unspecified atom stereocenters. The topological polar surface area (TPSA) is 74.5 Å². The lowest BCUT2D eigenvalue weighted by atomic mass is 9.97. The van der Waals surface area contributed by atoms with Crippen LogP contribution in [0.2, 0.25) is 0 Å². The normalized spacial score (nSPS) is 13.2. The van der Waals surface area contributed by atoms with Crippen molar-refractivity contribution >= 4 is 16.8 Å². The van der Waals surface area contributed by atoms with Gasteiger partial charge in [0.2, 0.25) is 5.91 Å². The Bertz CT molecular complexity index is 1150. The van der Waals surface area contributed by atoms with E-state index in [9.17, 15) is 15.0 Å². The third-order valence-corrected chi connectivity index (χ3v) is 5.20. The van der Waals surface area contributed by atoms with Gasteiger partial charge in [-0.05, 0) is 23.8 Å². The minimum atomic E-state index is -1.18. The van der Waals surface area contributed by atoms with E-state index >= 15 is 0 Å². The van der Waals surface area contributed by atoms with Crippen LogP contribution in [0, 0.1) is 0 Å². The van der Waals surface area contributed by atoms with E-state index in [0.717, 1.165) is 27.8 Å². The molecule has 2 atom stereocenters. The zero-order valence-electron chi connectivity index (χ0n) is 16.7. The van der Waals surface area contributed by atoms with E-state index in [0.29, 0.717) is 5.56 Å². The number of nitrogens with zero attached hydrogens (tertiary/aromatic N) is 1. The van der Waals surface area contributed by atoms with Crippen LogP contribution >= 0.6 is 0 Å². The number of benzene rings is 3. The number of fused-ring (bicyclic) bond motifs is 1. The highest BCUT2D eigenvalue weighted by Crippen LogP contribution is 2.40. The molecule has 1 heterocycles. The van der Waals surface area contributed by atoms with Gasteiger partial charge in [0, 0.05) is 30.1 Å². The number of aliphatic hydroxyl groups is 2. The molecule has 5 nitrogen and oxygen atoms in total. The first-order chi connectivity index (χ1) is 14.6. The van der Waals surface area contributed by atoms with Gasteiger partial charge in [-0.15, -0.1) is 0 Å². The van der Waals surface area contributed by atoms with E-state index in [2.05, 4.69) is 9.88 Å². The second kappa shape index (κ2) is 8.53. The van der Waals surface area contributed by atoms with E-state index in [4.69, 9.17) is 0 Å². The molecule has 0 aliphatic rings. The molecule has 0 bridgehead atoms. The summed E-state index contributed by atoms with van der Waals surface area (Å²) >= 11 is 0. The van der Waals surface area contributed by atoms with Crippen LogP contribution in [0.4, 0.5) is 0 Å². The lowest BCUT2D eigenvalue weighted by Crippen LogP contribution is -2.34. The summed E-state index contributed by atoms with van der Waals surface area (Å²) < 4.78 is 2.11. The number of aromatic nitrogens is 1. The molecule has 1 amide bonds. The van der Waals surface area contributed by atoms with Gasteiger partial charge in [0.1, 0.15) is 12.2 Å². The Hall–Kier alpha value is -3.41. The van der Waals surface area contributed by atoms with E-state index < -0.39 is 12.2 Å². The number of para-hydroxylation sites is 2. The molecule has 0 aliphatic carbocycles. The smallest absolute Gasteiger partial charge is 0.216 e. The zero-order valence-corrected chi connectivity index (χ0v) is 16.7. The number of aliphatic hydroxyl groups excluding tert-OH is 2. The first-order valence-corrected chi connectivity index (χ1v) is 9.92. The summed E-state index contributed by atoms with van der Waals surface area (Å²) in [5.74, 6) is -0.253. The Morgan fingerprint density at radius 2 is 1.50 bits per heavy atom. The lowest BCUT2D eigenvalue weighted by molar-refractivity contribution is -0.119. The number of carbonyl (C=O) groups is 1. The standard InChI is InChI=1S/C25H24N2O3/c1-17(28)26-16-22(29)25(30)23-20-14-8-9-15-21(20)27(19-12-6-3-7-13-19)24(23)18-10-4-2-5-11-18/h2-15,22,25,29-30H,16H2,1H3,(H,26,28). The van der Waals surface area contributed by atoms with Gasteiger partial charge >= 0.3 is 0 Å². The quantitative estimate of drug-likeness (QED) is 0.461. The Morgan fingerprint density at radius 3 is 2.17 bits per heavy atom. The van der Waals surface area contributed by atoms with Crippen LogP contribution in [0.1, 0.15) is 18.6 Å². The number of hydrogen-bond donors (Lipinski definition) is 3. The molecule has 0 aliphatic heterocycles. The van der Waals surface area contributed by atoms with Gasteiger partial charge in [-0.25, -0.2) is 0 Å². The van der Waals surface area contributed by atoms with E-state index in [1.807, 2.05) is 84.9 Å². The van der Waals surface area contributed by atoms with Gasteiger partial charge in [-0.1, -0.05) is 66.7 Å². The van der Waals surface area contributed by atoms with Crippen molar-refractivity contribution in [2.24, 2.45) is 0 Å². The van der Waals surface area contributed by atoms with Crippen molar-refractivity contribution in [3.8, 4) is 16.9 Å². The van der Waals surface area contributed by atoms with Crippen molar-refractivity contribution in [1.82, 2.24) is 9.88 Å². The molecular formula is C25H24N2O3. The fourth-order valence-electron chi connectivity index (χ4n) is 3.84. The number of hydrogen-bond acceptors (Lipinski definition) is 3.